The van der Waals surface area contributed by atoms with E-state index in [0.29, 0.717) is 31.2 Å². The van der Waals surface area contributed by atoms with Gasteiger partial charge in [0.2, 0.25) is 11.8 Å². The van der Waals surface area contributed by atoms with Crippen LogP contribution in [0.1, 0.15) is 30.4 Å². The van der Waals surface area contributed by atoms with Crippen molar-refractivity contribution in [2.75, 3.05) is 32.7 Å². The molecule has 0 radical (unpaired) electrons. The average Bonchev–Trinajstić information content (AvgIpc) is 3.18. The molecule has 32 heavy (non-hydrogen) atoms. The van der Waals surface area contributed by atoms with E-state index in [0.717, 1.165) is 39.1 Å². The van der Waals surface area contributed by atoms with E-state index in [4.69, 9.17) is 0 Å². The first-order chi connectivity index (χ1) is 15.7. The Labute approximate surface area is 191 Å². The monoisotopic (exact) mass is 431 g/mol. The molecule has 5 heteroatoms. The molecule has 3 fully saturated rings. The largest absolute Gasteiger partial charge is 0.340 e. The maximum Gasteiger partial charge on any atom is 0.245 e. The summed E-state index contributed by atoms with van der Waals surface area (Å²) in [6, 6.07) is 20.6. The topological polar surface area (TPSA) is 43.9 Å². The Balaban J connectivity index is 1.19. The van der Waals surface area contributed by atoms with Gasteiger partial charge in [-0.25, -0.2) is 0 Å². The lowest BCUT2D eigenvalue weighted by Crippen LogP contribution is -2.57. The highest BCUT2D eigenvalue weighted by molar-refractivity contribution is 5.91. The molecule has 3 heterocycles. The van der Waals surface area contributed by atoms with E-state index >= 15 is 0 Å². The van der Waals surface area contributed by atoms with Crippen molar-refractivity contribution in [2.45, 2.75) is 38.3 Å². The number of amides is 2. The van der Waals surface area contributed by atoms with Crippen LogP contribution < -0.4 is 0 Å². The minimum atomic E-state index is -0.273. The molecule has 5 nitrogen and oxygen atoms in total. The second-order valence-electron chi connectivity index (χ2n) is 9.77. The minimum absolute atomic E-state index is 0.130. The summed E-state index contributed by atoms with van der Waals surface area (Å²) in [6.07, 6.45) is 3.18. The van der Waals surface area contributed by atoms with Crippen molar-refractivity contribution in [1.82, 2.24) is 14.7 Å². The van der Waals surface area contributed by atoms with Crippen molar-refractivity contribution in [3.8, 4) is 0 Å². The Hall–Kier alpha value is -2.66. The highest BCUT2D eigenvalue weighted by Gasteiger charge is 2.42. The van der Waals surface area contributed by atoms with Gasteiger partial charge in [-0.3, -0.25) is 14.5 Å². The number of hydrogen-bond donors (Lipinski definition) is 0. The lowest BCUT2D eigenvalue weighted by atomic mass is 9.84. The van der Waals surface area contributed by atoms with E-state index in [-0.39, 0.29) is 17.9 Å². The van der Waals surface area contributed by atoms with Gasteiger partial charge >= 0.3 is 0 Å². The van der Waals surface area contributed by atoms with Crippen molar-refractivity contribution in [3.63, 3.8) is 0 Å². The Bertz CT molecular complexity index is 918. The Morgan fingerprint density at radius 2 is 1.47 bits per heavy atom. The van der Waals surface area contributed by atoms with E-state index < -0.39 is 0 Å². The maximum atomic E-state index is 13.5. The highest BCUT2D eigenvalue weighted by atomic mass is 16.2. The molecule has 0 aromatic heterocycles. The van der Waals surface area contributed by atoms with Crippen molar-refractivity contribution < 1.29 is 9.59 Å². The van der Waals surface area contributed by atoms with Crippen LogP contribution >= 0.6 is 0 Å². The van der Waals surface area contributed by atoms with Gasteiger partial charge in [0, 0.05) is 45.7 Å². The van der Waals surface area contributed by atoms with E-state index in [2.05, 4.69) is 52.3 Å². The second-order valence-corrected chi connectivity index (χ2v) is 9.77. The number of nitrogens with zero attached hydrogens (tertiary/aromatic N) is 3. The minimum Gasteiger partial charge on any atom is -0.340 e. The van der Waals surface area contributed by atoms with Crippen LogP contribution in [0.5, 0.6) is 0 Å². The van der Waals surface area contributed by atoms with Crippen molar-refractivity contribution in [2.24, 2.45) is 11.8 Å². The molecule has 3 atom stereocenters. The average molecular weight is 432 g/mol. The van der Waals surface area contributed by atoms with Crippen LogP contribution in [0, 0.1) is 11.8 Å². The zero-order valence-corrected chi connectivity index (χ0v) is 18.7. The third-order valence-corrected chi connectivity index (χ3v) is 7.31. The fraction of sp³-hybridized carbons (Fsp3) is 0.481. The molecular formula is C27H33N3O2. The first-order valence-corrected chi connectivity index (χ1v) is 12.0. The number of rotatable bonds is 6. The first kappa shape index (κ1) is 21.2. The summed E-state index contributed by atoms with van der Waals surface area (Å²) in [7, 11) is 0. The van der Waals surface area contributed by atoms with Gasteiger partial charge in [0.15, 0.2) is 0 Å². The quantitative estimate of drug-likeness (QED) is 0.706. The maximum absolute atomic E-state index is 13.5. The van der Waals surface area contributed by atoms with E-state index in [1.165, 1.54) is 17.5 Å². The summed E-state index contributed by atoms with van der Waals surface area (Å²) in [5.74, 6) is 1.37. The molecule has 0 aliphatic carbocycles. The fourth-order valence-electron chi connectivity index (χ4n) is 5.91. The lowest BCUT2D eigenvalue weighted by molar-refractivity contribution is -0.144. The smallest absolute Gasteiger partial charge is 0.245 e. The fourth-order valence-corrected chi connectivity index (χ4v) is 5.91. The van der Waals surface area contributed by atoms with E-state index in [1.54, 1.807) is 0 Å². The molecule has 5 rings (SSSR count). The third kappa shape index (κ3) is 4.73. The third-order valence-electron chi connectivity index (χ3n) is 7.31. The molecule has 2 amide bonds. The van der Waals surface area contributed by atoms with Crippen LogP contribution in [-0.4, -0.2) is 65.3 Å². The van der Waals surface area contributed by atoms with Gasteiger partial charge in [0.1, 0.15) is 6.04 Å². The van der Waals surface area contributed by atoms with E-state index in [1.807, 2.05) is 23.1 Å². The number of hydrogen-bond acceptors (Lipinski definition) is 3. The van der Waals surface area contributed by atoms with Crippen molar-refractivity contribution in [3.05, 3.63) is 71.8 Å². The normalized spacial score (nSPS) is 25.9. The lowest BCUT2D eigenvalue weighted by Gasteiger charge is -2.46. The number of piperidine rings is 2. The van der Waals surface area contributed by atoms with Gasteiger partial charge in [0.05, 0.1) is 0 Å². The molecule has 168 valence electrons. The van der Waals surface area contributed by atoms with Gasteiger partial charge in [0.25, 0.3) is 0 Å². The Kier molecular flexibility index (Phi) is 6.26. The van der Waals surface area contributed by atoms with Crippen molar-refractivity contribution in [1.29, 1.82) is 0 Å². The molecule has 3 aliphatic heterocycles. The number of fused-ring (bicyclic) bond motifs is 2. The SMILES string of the molecule is O=C([C@@H]1CCC(=O)N1CCc1ccccc1)N1CC2CC(CN(Cc3ccccc3)C2)C1. The van der Waals surface area contributed by atoms with Crippen LogP contribution in [0.25, 0.3) is 0 Å². The van der Waals surface area contributed by atoms with Crippen LogP contribution in [0.15, 0.2) is 60.7 Å². The van der Waals surface area contributed by atoms with Crippen LogP contribution in [0.4, 0.5) is 0 Å². The molecule has 2 aromatic rings. The summed E-state index contributed by atoms with van der Waals surface area (Å²) >= 11 is 0. The number of carbonyl (C=O) groups is 2. The van der Waals surface area contributed by atoms with Gasteiger partial charge < -0.3 is 9.80 Å². The predicted molar refractivity (Wildman–Crippen MR) is 125 cm³/mol. The van der Waals surface area contributed by atoms with Gasteiger partial charge in [-0.15, -0.1) is 0 Å². The Morgan fingerprint density at radius 3 is 2.12 bits per heavy atom. The molecular weight excluding hydrogens is 398 g/mol. The van der Waals surface area contributed by atoms with Gasteiger partial charge in [-0.05, 0) is 42.2 Å². The number of benzene rings is 2. The zero-order chi connectivity index (χ0) is 21.9. The molecule has 0 saturated carbocycles. The molecule has 3 saturated heterocycles. The second kappa shape index (κ2) is 9.45. The summed E-state index contributed by atoms with van der Waals surface area (Å²) in [6.45, 7) is 5.39. The van der Waals surface area contributed by atoms with Gasteiger partial charge in [-0.2, -0.15) is 0 Å². The van der Waals surface area contributed by atoms with Crippen LogP contribution in [-0.2, 0) is 22.6 Å². The molecule has 0 N–H and O–H groups in total. The highest BCUT2D eigenvalue weighted by Crippen LogP contribution is 2.31. The van der Waals surface area contributed by atoms with Crippen LogP contribution in [0.2, 0.25) is 0 Å². The summed E-state index contributed by atoms with van der Waals surface area (Å²) in [5.41, 5.74) is 2.57. The summed E-state index contributed by atoms with van der Waals surface area (Å²) < 4.78 is 0. The molecule has 0 spiro atoms. The predicted octanol–water partition coefficient (Wildman–Crippen LogP) is 3.20. The first-order valence-electron chi connectivity index (χ1n) is 12.0. The molecule has 2 aromatic carbocycles. The zero-order valence-electron chi connectivity index (χ0n) is 18.7. The molecule has 3 aliphatic rings. The number of likely N-dealkylation sites (tertiary alicyclic amines) is 3. The van der Waals surface area contributed by atoms with Crippen LogP contribution in [0.3, 0.4) is 0 Å². The van der Waals surface area contributed by atoms with Gasteiger partial charge in [-0.1, -0.05) is 60.7 Å². The molecule has 2 bridgehead atoms. The summed E-state index contributed by atoms with van der Waals surface area (Å²) in [5, 5.41) is 0. The summed E-state index contributed by atoms with van der Waals surface area (Å²) in [4.78, 5) is 32.5. The molecule has 2 unspecified atom stereocenters. The Morgan fingerprint density at radius 1 is 0.844 bits per heavy atom. The van der Waals surface area contributed by atoms with E-state index in [9.17, 15) is 9.59 Å². The van der Waals surface area contributed by atoms with Crippen molar-refractivity contribution >= 4 is 11.8 Å². The standard InChI is InChI=1S/C27H33N3O2/c31-26-12-11-25(30(26)14-13-21-7-3-1-4-8-21)27(32)29-19-23-15-24(20-29)18-28(17-23)16-22-9-5-2-6-10-22/h1-10,23-25H,11-20H2/t23?,24?,25-/m0/s1. The number of carbonyl (C=O) groups excluding carboxylic acids is 2.